The maximum atomic E-state index is 12.4. The first kappa shape index (κ1) is 23.7. The lowest BCUT2D eigenvalue weighted by atomic mass is 10.1. The molecule has 158 valence electrons. The minimum Gasteiger partial charge on any atom is -0.480 e. The van der Waals surface area contributed by atoms with Crippen LogP contribution in [0.15, 0.2) is 0 Å². The summed E-state index contributed by atoms with van der Waals surface area (Å²) in [7, 11) is 0. The molecule has 0 aliphatic carbocycles. The zero-order valence-electron chi connectivity index (χ0n) is 15.7. The molecule has 0 aromatic rings. The highest BCUT2D eigenvalue weighted by Crippen LogP contribution is 2.18. The number of nitrogens with one attached hydrogen (secondary N) is 2. The Hall–Kier alpha value is -2.34. The number of carboxylic acid groups (broad SMARTS) is 1. The largest absolute Gasteiger partial charge is 0.480 e. The fourth-order valence-corrected chi connectivity index (χ4v) is 3.32. The fraction of sp³-hybridized carbons (Fsp3) is 0.688. The van der Waals surface area contributed by atoms with Gasteiger partial charge in [0.25, 0.3) is 0 Å². The Labute approximate surface area is 166 Å². The molecule has 3 atom stereocenters. The predicted molar refractivity (Wildman–Crippen MR) is 102 cm³/mol. The number of nitrogens with two attached hydrogens (primary N) is 2. The van der Waals surface area contributed by atoms with Crippen molar-refractivity contribution < 1.29 is 29.1 Å². The van der Waals surface area contributed by atoms with Gasteiger partial charge in [0.1, 0.15) is 12.1 Å². The lowest BCUT2D eigenvalue weighted by molar-refractivity contribution is -0.142. The van der Waals surface area contributed by atoms with E-state index in [1.807, 2.05) is 6.26 Å². The highest BCUT2D eigenvalue weighted by atomic mass is 32.2. The highest BCUT2D eigenvalue weighted by molar-refractivity contribution is 7.98. The topological polar surface area (TPSA) is 185 Å². The number of thioether (sulfide) groups is 1. The van der Waals surface area contributed by atoms with Gasteiger partial charge in [-0.25, -0.2) is 4.79 Å². The third kappa shape index (κ3) is 7.35. The van der Waals surface area contributed by atoms with Crippen LogP contribution < -0.4 is 22.1 Å². The number of rotatable bonds is 11. The monoisotopic (exact) mass is 417 g/mol. The first-order valence-electron chi connectivity index (χ1n) is 8.80. The standard InChI is InChI=1S/C16H27N5O6S/c1-28-6-4-10(16(26)27)20-13(23)8-19-14(24)11-3-2-5-21(11)15(25)9(17)7-12(18)22/h9-11H,2-8,17H2,1H3,(H2,18,22)(H,19,24)(H,20,23)(H,26,27). The summed E-state index contributed by atoms with van der Waals surface area (Å²) < 4.78 is 0. The third-order valence-electron chi connectivity index (χ3n) is 4.24. The Morgan fingerprint density at radius 3 is 2.54 bits per heavy atom. The van der Waals surface area contributed by atoms with Crippen molar-refractivity contribution in [2.45, 2.75) is 43.8 Å². The Morgan fingerprint density at radius 2 is 1.96 bits per heavy atom. The smallest absolute Gasteiger partial charge is 0.326 e. The van der Waals surface area contributed by atoms with E-state index in [-0.39, 0.29) is 12.8 Å². The van der Waals surface area contributed by atoms with Gasteiger partial charge in [0.2, 0.25) is 23.6 Å². The molecule has 0 spiro atoms. The summed E-state index contributed by atoms with van der Waals surface area (Å²) in [5, 5.41) is 13.9. The molecule has 1 saturated heterocycles. The van der Waals surface area contributed by atoms with Crippen LogP contribution in [-0.2, 0) is 24.0 Å². The van der Waals surface area contributed by atoms with Crippen LogP contribution in [0.5, 0.6) is 0 Å². The van der Waals surface area contributed by atoms with E-state index in [1.54, 1.807) is 0 Å². The molecule has 28 heavy (non-hydrogen) atoms. The first-order valence-corrected chi connectivity index (χ1v) is 10.2. The summed E-state index contributed by atoms with van der Waals surface area (Å²) in [5.41, 5.74) is 10.7. The molecule has 7 N–H and O–H groups in total. The maximum absolute atomic E-state index is 12.4. The second kappa shape index (κ2) is 11.5. The summed E-state index contributed by atoms with van der Waals surface area (Å²) in [6.07, 6.45) is 2.74. The minimum absolute atomic E-state index is 0.263. The first-order chi connectivity index (χ1) is 13.2. The van der Waals surface area contributed by atoms with Gasteiger partial charge in [-0.1, -0.05) is 0 Å². The Morgan fingerprint density at radius 1 is 1.29 bits per heavy atom. The molecule has 1 heterocycles. The van der Waals surface area contributed by atoms with Crippen LogP contribution in [0.1, 0.15) is 25.7 Å². The van der Waals surface area contributed by atoms with Gasteiger partial charge in [-0.15, -0.1) is 0 Å². The van der Waals surface area contributed by atoms with Crippen LogP contribution in [0.25, 0.3) is 0 Å². The van der Waals surface area contributed by atoms with Crippen molar-refractivity contribution in [1.82, 2.24) is 15.5 Å². The zero-order chi connectivity index (χ0) is 21.3. The second-order valence-electron chi connectivity index (χ2n) is 6.42. The van der Waals surface area contributed by atoms with Gasteiger partial charge in [-0.05, 0) is 31.3 Å². The summed E-state index contributed by atoms with van der Waals surface area (Å²) >= 11 is 1.46. The van der Waals surface area contributed by atoms with Crippen LogP contribution >= 0.6 is 11.8 Å². The molecule has 0 radical (unpaired) electrons. The van der Waals surface area contributed by atoms with Crippen LogP contribution in [0.4, 0.5) is 0 Å². The molecule has 0 aromatic carbocycles. The van der Waals surface area contributed by atoms with E-state index in [0.29, 0.717) is 25.1 Å². The van der Waals surface area contributed by atoms with E-state index < -0.39 is 54.3 Å². The van der Waals surface area contributed by atoms with E-state index >= 15 is 0 Å². The van der Waals surface area contributed by atoms with Gasteiger partial charge in [0.05, 0.1) is 19.0 Å². The molecular formula is C16H27N5O6S. The number of likely N-dealkylation sites (tertiary alicyclic amines) is 1. The average molecular weight is 417 g/mol. The number of aliphatic carboxylic acids is 1. The number of carbonyl (C=O) groups excluding carboxylic acids is 4. The van der Waals surface area contributed by atoms with Crippen LogP contribution in [0.3, 0.4) is 0 Å². The van der Waals surface area contributed by atoms with Crippen molar-refractivity contribution >= 4 is 41.4 Å². The van der Waals surface area contributed by atoms with Gasteiger partial charge in [-0.3, -0.25) is 19.2 Å². The number of nitrogens with zero attached hydrogens (tertiary/aromatic N) is 1. The van der Waals surface area contributed by atoms with E-state index in [1.165, 1.54) is 16.7 Å². The molecule has 11 nitrogen and oxygen atoms in total. The molecule has 0 aromatic heterocycles. The molecule has 12 heteroatoms. The van der Waals surface area contributed by atoms with Crippen LogP contribution in [0.2, 0.25) is 0 Å². The SMILES string of the molecule is CSCCC(NC(=O)CNC(=O)C1CCCN1C(=O)C(N)CC(N)=O)C(=O)O. The molecule has 1 rings (SSSR count). The molecule has 4 amide bonds. The summed E-state index contributed by atoms with van der Waals surface area (Å²) in [6, 6.07) is -2.96. The lowest BCUT2D eigenvalue weighted by Crippen LogP contribution is -2.53. The quantitative estimate of drug-likeness (QED) is 0.246. The Bertz CT molecular complexity index is 616. The van der Waals surface area contributed by atoms with Crippen molar-refractivity contribution in [3.63, 3.8) is 0 Å². The van der Waals surface area contributed by atoms with Gasteiger partial charge in [0, 0.05) is 6.54 Å². The zero-order valence-corrected chi connectivity index (χ0v) is 16.5. The number of carbonyl (C=O) groups is 5. The Balaban J connectivity index is 2.56. The molecule has 0 bridgehead atoms. The van der Waals surface area contributed by atoms with E-state index in [0.717, 1.165) is 0 Å². The molecular weight excluding hydrogens is 390 g/mol. The lowest BCUT2D eigenvalue weighted by Gasteiger charge is -2.26. The van der Waals surface area contributed by atoms with E-state index in [2.05, 4.69) is 10.6 Å². The summed E-state index contributed by atoms with van der Waals surface area (Å²) in [4.78, 5) is 60.0. The van der Waals surface area contributed by atoms with Crippen molar-refractivity contribution in [3.8, 4) is 0 Å². The van der Waals surface area contributed by atoms with Crippen molar-refractivity contribution in [2.75, 3.05) is 25.1 Å². The molecule has 0 saturated carbocycles. The van der Waals surface area contributed by atoms with Gasteiger partial charge >= 0.3 is 5.97 Å². The van der Waals surface area contributed by atoms with Crippen molar-refractivity contribution in [1.29, 1.82) is 0 Å². The third-order valence-corrected chi connectivity index (χ3v) is 4.89. The summed E-state index contributed by atoms with van der Waals surface area (Å²) in [6.45, 7) is -0.0981. The number of primary amides is 1. The average Bonchev–Trinajstić information content (AvgIpc) is 3.11. The normalized spacial score (nSPS) is 18.2. The number of amides is 4. The molecule has 1 aliphatic heterocycles. The van der Waals surface area contributed by atoms with Gasteiger partial charge in [-0.2, -0.15) is 11.8 Å². The van der Waals surface area contributed by atoms with Gasteiger partial charge < -0.3 is 32.1 Å². The van der Waals surface area contributed by atoms with E-state index in [9.17, 15) is 24.0 Å². The number of hydrogen-bond acceptors (Lipinski definition) is 7. The van der Waals surface area contributed by atoms with Gasteiger partial charge in [0.15, 0.2) is 0 Å². The fourth-order valence-electron chi connectivity index (χ4n) is 2.84. The second-order valence-corrected chi connectivity index (χ2v) is 7.41. The number of hydrogen-bond donors (Lipinski definition) is 5. The number of carboxylic acids is 1. The van der Waals surface area contributed by atoms with Crippen LogP contribution in [0, 0.1) is 0 Å². The van der Waals surface area contributed by atoms with Crippen molar-refractivity contribution in [2.24, 2.45) is 11.5 Å². The highest BCUT2D eigenvalue weighted by Gasteiger charge is 2.36. The minimum atomic E-state index is -1.15. The van der Waals surface area contributed by atoms with E-state index in [4.69, 9.17) is 16.6 Å². The Kier molecular flexibility index (Phi) is 9.73. The van der Waals surface area contributed by atoms with Crippen LogP contribution in [-0.4, -0.2) is 82.8 Å². The predicted octanol–water partition coefficient (Wildman–Crippen LogP) is -2.38. The van der Waals surface area contributed by atoms with Crippen molar-refractivity contribution in [3.05, 3.63) is 0 Å². The molecule has 1 aliphatic rings. The summed E-state index contributed by atoms with van der Waals surface area (Å²) in [5.74, 6) is -3.03. The maximum Gasteiger partial charge on any atom is 0.326 e. The molecule has 1 fully saturated rings. The molecule has 3 unspecified atom stereocenters.